The van der Waals surface area contributed by atoms with E-state index >= 15 is 0 Å². The number of benzene rings is 2. The normalized spacial score (nSPS) is 11.5. The van der Waals surface area contributed by atoms with E-state index in [0.29, 0.717) is 6.54 Å². The summed E-state index contributed by atoms with van der Waals surface area (Å²) in [5.41, 5.74) is 3.05. The number of carbonyl (C=O) groups is 1. The highest BCUT2D eigenvalue weighted by Crippen LogP contribution is 2.31. The summed E-state index contributed by atoms with van der Waals surface area (Å²) < 4.78 is 43.0. The molecule has 0 aliphatic carbocycles. The van der Waals surface area contributed by atoms with E-state index in [4.69, 9.17) is 9.84 Å². The molecule has 1 amide bonds. The second-order valence-electron chi connectivity index (χ2n) is 5.84. The first-order valence-corrected chi connectivity index (χ1v) is 8.33. The third-order valence-corrected chi connectivity index (χ3v) is 3.70. The van der Waals surface area contributed by atoms with Crippen LogP contribution in [-0.4, -0.2) is 44.0 Å². The molecule has 0 bridgehead atoms. The smallest absolute Gasteiger partial charge is 0.416 e. The number of hydrogen-bond acceptors (Lipinski definition) is 5. The van der Waals surface area contributed by atoms with Crippen molar-refractivity contribution in [3.63, 3.8) is 0 Å². The van der Waals surface area contributed by atoms with Gasteiger partial charge < -0.3 is 14.7 Å². The monoisotopic (exact) mass is 395 g/mol. The standard InChI is InChI=1S/C19H20F3N3O3/c1-25(9-10-26)16-7-5-14(6-8-16)12-23-24-18(27)13-28-17-4-2-3-15(11-17)19(20,21)22/h2-8,11-12,26H,9-10,13H2,1H3,(H,24,27)/b23-12+. The Balaban J connectivity index is 1.82. The Hall–Kier alpha value is -3.07. The number of ether oxygens (including phenoxy) is 1. The minimum atomic E-state index is -4.48. The molecular formula is C19H20F3N3O3. The van der Waals surface area contributed by atoms with Gasteiger partial charge in [0, 0.05) is 19.3 Å². The van der Waals surface area contributed by atoms with Crippen molar-refractivity contribution in [2.24, 2.45) is 5.10 Å². The SMILES string of the molecule is CN(CCO)c1ccc(/C=N/NC(=O)COc2cccc(C(F)(F)F)c2)cc1. The van der Waals surface area contributed by atoms with Gasteiger partial charge in [-0.25, -0.2) is 5.43 Å². The maximum Gasteiger partial charge on any atom is 0.416 e. The van der Waals surface area contributed by atoms with Crippen molar-refractivity contribution in [2.45, 2.75) is 6.18 Å². The van der Waals surface area contributed by atoms with Crippen LogP contribution in [0.3, 0.4) is 0 Å². The van der Waals surface area contributed by atoms with Crippen LogP contribution in [0, 0.1) is 0 Å². The highest BCUT2D eigenvalue weighted by Gasteiger charge is 2.30. The maximum atomic E-state index is 12.6. The summed E-state index contributed by atoms with van der Waals surface area (Å²) in [5, 5.41) is 12.7. The molecule has 0 heterocycles. The maximum absolute atomic E-state index is 12.6. The Kier molecular flexibility index (Phi) is 7.39. The molecular weight excluding hydrogens is 375 g/mol. The number of anilines is 1. The number of hydrogen-bond donors (Lipinski definition) is 2. The van der Waals surface area contributed by atoms with Crippen LogP contribution >= 0.6 is 0 Å². The Bertz CT molecular complexity index is 808. The van der Waals surface area contributed by atoms with Gasteiger partial charge in [-0.15, -0.1) is 0 Å². The summed E-state index contributed by atoms with van der Waals surface area (Å²) in [5.74, 6) is -0.662. The first-order chi connectivity index (χ1) is 13.3. The Morgan fingerprint density at radius 3 is 2.61 bits per heavy atom. The molecule has 6 nitrogen and oxygen atoms in total. The average Bonchev–Trinajstić information content (AvgIpc) is 2.67. The second kappa shape index (κ2) is 9.75. The highest BCUT2D eigenvalue weighted by atomic mass is 19.4. The fraction of sp³-hybridized carbons (Fsp3) is 0.263. The molecule has 9 heteroatoms. The number of likely N-dealkylation sites (N-methyl/N-ethyl adjacent to an activating group) is 1. The Labute approximate surface area is 160 Å². The average molecular weight is 395 g/mol. The van der Waals surface area contributed by atoms with Gasteiger partial charge >= 0.3 is 6.18 Å². The predicted molar refractivity (Wildman–Crippen MR) is 99.5 cm³/mol. The predicted octanol–water partition coefficient (Wildman–Crippen LogP) is 2.66. The van der Waals surface area contributed by atoms with E-state index in [1.165, 1.54) is 18.3 Å². The van der Waals surface area contributed by atoms with E-state index in [1.807, 2.05) is 24.1 Å². The molecule has 2 N–H and O–H groups in total. The number of nitrogens with one attached hydrogen (secondary N) is 1. The number of alkyl halides is 3. The summed E-state index contributed by atoms with van der Waals surface area (Å²) in [4.78, 5) is 13.6. The Morgan fingerprint density at radius 1 is 1.25 bits per heavy atom. The van der Waals surface area contributed by atoms with Crippen molar-refractivity contribution in [1.82, 2.24) is 5.43 Å². The molecule has 0 aliphatic heterocycles. The topological polar surface area (TPSA) is 74.2 Å². The molecule has 28 heavy (non-hydrogen) atoms. The van der Waals surface area contributed by atoms with Crippen LogP contribution in [0.1, 0.15) is 11.1 Å². The number of nitrogens with zero attached hydrogens (tertiary/aromatic N) is 2. The van der Waals surface area contributed by atoms with Crippen LogP contribution in [0.4, 0.5) is 18.9 Å². The lowest BCUT2D eigenvalue weighted by Gasteiger charge is -2.17. The minimum absolute atomic E-state index is 0.0499. The van der Waals surface area contributed by atoms with Gasteiger partial charge in [-0.1, -0.05) is 18.2 Å². The zero-order valence-corrected chi connectivity index (χ0v) is 15.1. The number of halogens is 3. The molecule has 0 aliphatic rings. The van der Waals surface area contributed by atoms with Gasteiger partial charge in [-0.05, 0) is 35.9 Å². The van der Waals surface area contributed by atoms with Gasteiger partial charge in [0.25, 0.3) is 5.91 Å². The van der Waals surface area contributed by atoms with Gasteiger partial charge in [0.15, 0.2) is 6.61 Å². The summed E-state index contributed by atoms with van der Waals surface area (Å²) in [6.45, 7) is 0.0905. The molecule has 0 aromatic heterocycles. The van der Waals surface area contributed by atoms with E-state index < -0.39 is 24.3 Å². The molecule has 2 rings (SSSR count). The first-order valence-electron chi connectivity index (χ1n) is 8.33. The molecule has 0 spiro atoms. The molecule has 150 valence electrons. The number of carbonyl (C=O) groups excluding carboxylic acids is 1. The fourth-order valence-corrected chi connectivity index (χ4v) is 2.22. The zero-order valence-electron chi connectivity index (χ0n) is 15.1. The molecule has 2 aromatic carbocycles. The van der Waals surface area contributed by atoms with Gasteiger partial charge in [0.1, 0.15) is 5.75 Å². The van der Waals surface area contributed by atoms with Crippen molar-refractivity contribution < 1.29 is 27.8 Å². The quantitative estimate of drug-likeness (QED) is 0.532. The number of rotatable bonds is 8. The lowest BCUT2D eigenvalue weighted by atomic mass is 10.2. The van der Waals surface area contributed by atoms with E-state index in [-0.39, 0.29) is 12.4 Å². The van der Waals surface area contributed by atoms with Crippen LogP contribution in [0.25, 0.3) is 0 Å². The van der Waals surface area contributed by atoms with E-state index in [2.05, 4.69) is 10.5 Å². The van der Waals surface area contributed by atoms with Crippen LogP contribution < -0.4 is 15.1 Å². The van der Waals surface area contributed by atoms with Gasteiger partial charge in [-0.2, -0.15) is 18.3 Å². The van der Waals surface area contributed by atoms with E-state index in [1.54, 1.807) is 12.1 Å². The summed E-state index contributed by atoms with van der Waals surface area (Å²) in [6.07, 6.45) is -3.05. The van der Waals surface area contributed by atoms with Crippen LogP contribution in [0.15, 0.2) is 53.6 Å². The lowest BCUT2D eigenvalue weighted by Crippen LogP contribution is -2.24. The highest BCUT2D eigenvalue weighted by molar-refractivity contribution is 5.83. The lowest BCUT2D eigenvalue weighted by molar-refractivity contribution is -0.137. The van der Waals surface area contributed by atoms with E-state index in [9.17, 15) is 18.0 Å². The van der Waals surface area contributed by atoms with Crippen LogP contribution in [-0.2, 0) is 11.0 Å². The summed E-state index contributed by atoms with van der Waals surface area (Å²) in [6, 6.07) is 11.5. The molecule has 0 atom stereocenters. The summed E-state index contributed by atoms with van der Waals surface area (Å²) in [7, 11) is 1.85. The Morgan fingerprint density at radius 2 is 1.96 bits per heavy atom. The largest absolute Gasteiger partial charge is 0.484 e. The van der Waals surface area contributed by atoms with Crippen molar-refractivity contribution in [3.8, 4) is 5.75 Å². The molecule has 0 saturated heterocycles. The van der Waals surface area contributed by atoms with Crippen molar-refractivity contribution in [2.75, 3.05) is 31.7 Å². The molecule has 0 fully saturated rings. The fourth-order valence-electron chi connectivity index (χ4n) is 2.22. The van der Waals surface area contributed by atoms with Gasteiger partial charge in [-0.3, -0.25) is 4.79 Å². The van der Waals surface area contributed by atoms with Crippen LogP contribution in [0.5, 0.6) is 5.75 Å². The number of aliphatic hydroxyl groups is 1. The van der Waals surface area contributed by atoms with Gasteiger partial charge in [0.05, 0.1) is 18.4 Å². The third-order valence-electron chi connectivity index (χ3n) is 3.70. The summed E-state index contributed by atoms with van der Waals surface area (Å²) >= 11 is 0. The first kappa shape index (κ1) is 21.2. The number of aliphatic hydroxyl groups excluding tert-OH is 1. The second-order valence-corrected chi connectivity index (χ2v) is 5.84. The van der Waals surface area contributed by atoms with Crippen molar-refractivity contribution >= 4 is 17.8 Å². The molecule has 0 saturated carbocycles. The minimum Gasteiger partial charge on any atom is -0.484 e. The van der Waals surface area contributed by atoms with Gasteiger partial charge in [0.2, 0.25) is 0 Å². The molecule has 0 radical (unpaired) electrons. The number of hydrazone groups is 1. The van der Waals surface area contributed by atoms with E-state index in [0.717, 1.165) is 23.4 Å². The number of amides is 1. The molecule has 2 aromatic rings. The van der Waals surface area contributed by atoms with Crippen molar-refractivity contribution in [3.05, 3.63) is 59.7 Å². The van der Waals surface area contributed by atoms with Crippen LogP contribution in [0.2, 0.25) is 0 Å². The van der Waals surface area contributed by atoms with Crippen molar-refractivity contribution in [1.29, 1.82) is 0 Å². The molecule has 0 unspecified atom stereocenters. The zero-order chi connectivity index (χ0) is 20.6. The third kappa shape index (κ3) is 6.58.